The van der Waals surface area contributed by atoms with Gasteiger partial charge in [0, 0.05) is 45.0 Å². The Bertz CT molecular complexity index is 625. The van der Waals surface area contributed by atoms with Crippen LogP contribution in [0.25, 0.3) is 0 Å². The maximum atomic E-state index is 12.4. The molecule has 2 heterocycles. The summed E-state index contributed by atoms with van der Waals surface area (Å²) in [5.74, 6) is 0.449. The lowest BCUT2D eigenvalue weighted by Crippen LogP contribution is -2.26. The summed E-state index contributed by atoms with van der Waals surface area (Å²) in [6.45, 7) is 0.488. The number of aryl methyl sites for hydroxylation is 1. The molecule has 1 amide bonds. The van der Waals surface area contributed by atoms with Crippen molar-refractivity contribution < 1.29 is 4.79 Å². The van der Waals surface area contributed by atoms with Gasteiger partial charge < -0.3 is 10.2 Å². The molecule has 0 aliphatic heterocycles. The molecule has 0 fully saturated rings. The predicted molar refractivity (Wildman–Crippen MR) is 77.8 cm³/mol. The summed E-state index contributed by atoms with van der Waals surface area (Å²) in [4.78, 5) is 18.0. The number of nitrogens with zero attached hydrogens (tertiary/aromatic N) is 4. The van der Waals surface area contributed by atoms with E-state index in [0.29, 0.717) is 17.9 Å². The molecule has 1 N–H and O–H groups in total. The highest BCUT2D eigenvalue weighted by atomic mass is 35.5. The number of halogens is 1. The Morgan fingerprint density at radius 1 is 1.50 bits per heavy atom. The van der Waals surface area contributed by atoms with Gasteiger partial charge in [-0.05, 0) is 12.1 Å². The molecule has 0 atom stereocenters. The van der Waals surface area contributed by atoms with Crippen LogP contribution in [0.4, 0.5) is 5.82 Å². The number of aromatic nitrogens is 3. The van der Waals surface area contributed by atoms with Gasteiger partial charge in [-0.15, -0.1) is 0 Å². The molecule has 2 aromatic heterocycles. The Labute approximate surface area is 122 Å². The van der Waals surface area contributed by atoms with E-state index in [9.17, 15) is 4.79 Å². The van der Waals surface area contributed by atoms with E-state index >= 15 is 0 Å². The fraction of sp³-hybridized carbons (Fsp3) is 0.308. The van der Waals surface area contributed by atoms with Crippen LogP contribution in [0, 0.1) is 0 Å². The van der Waals surface area contributed by atoms with Crippen LogP contribution in [0.15, 0.2) is 24.5 Å². The highest BCUT2D eigenvalue weighted by Crippen LogP contribution is 2.16. The maximum Gasteiger partial charge on any atom is 0.254 e. The number of carbonyl (C=O) groups is 1. The van der Waals surface area contributed by atoms with Crippen LogP contribution < -0.4 is 5.32 Å². The summed E-state index contributed by atoms with van der Waals surface area (Å²) in [7, 11) is 5.31. The van der Waals surface area contributed by atoms with Crippen molar-refractivity contribution in [2.24, 2.45) is 7.05 Å². The number of nitrogens with one attached hydrogen (secondary N) is 1. The smallest absolute Gasteiger partial charge is 0.254 e. The first-order valence-corrected chi connectivity index (χ1v) is 6.45. The summed E-state index contributed by atoms with van der Waals surface area (Å²) < 4.78 is 1.70. The molecule has 106 valence electrons. The van der Waals surface area contributed by atoms with Gasteiger partial charge >= 0.3 is 0 Å². The van der Waals surface area contributed by atoms with Gasteiger partial charge in [0.2, 0.25) is 0 Å². The lowest BCUT2D eigenvalue weighted by Gasteiger charge is -2.16. The zero-order valence-electron chi connectivity index (χ0n) is 11.6. The summed E-state index contributed by atoms with van der Waals surface area (Å²) >= 11 is 5.91. The Hall–Kier alpha value is -2.08. The van der Waals surface area contributed by atoms with Crippen molar-refractivity contribution in [2.75, 3.05) is 19.4 Å². The molecule has 0 saturated carbocycles. The minimum Gasteiger partial charge on any atom is -0.373 e. The maximum absolute atomic E-state index is 12.4. The van der Waals surface area contributed by atoms with Crippen molar-refractivity contribution in [3.05, 3.63) is 40.8 Å². The van der Waals surface area contributed by atoms with Crippen LogP contribution in [0.1, 0.15) is 15.9 Å². The highest BCUT2D eigenvalue weighted by Gasteiger charge is 2.14. The van der Waals surface area contributed by atoms with Gasteiger partial charge in [0.1, 0.15) is 11.0 Å². The molecule has 0 aliphatic carbocycles. The second-order valence-electron chi connectivity index (χ2n) is 4.50. The summed E-state index contributed by atoms with van der Waals surface area (Å²) in [6, 6.07) is 3.23. The van der Waals surface area contributed by atoms with E-state index in [0.717, 1.165) is 5.56 Å². The predicted octanol–water partition coefficient (Wildman–Crippen LogP) is 1.78. The van der Waals surface area contributed by atoms with Gasteiger partial charge in [-0.2, -0.15) is 5.10 Å². The van der Waals surface area contributed by atoms with Gasteiger partial charge in [-0.3, -0.25) is 9.48 Å². The Balaban J connectivity index is 2.15. The normalized spacial score (nSPS) is 10.4. The first kappa shape index (κ1) is 14.3. The van der Waals surface area contributed by atoms with Gasteiger partial charge in [0.15, 0.2) is 0 Å². The zero-order chi connectivity index (χ0) is 14.7. The number of anilines is 1. The lowest BCUT2D eigenvalue weighted by atomic mass is 10.2. The van der Waals surface area contributed by atoms with Crippen molar-refractivity contribution in [1.29, 1.82) is 0 Å². The fourth-order valence-corrected chi connectivity index (χ4v) is 2.08. The molecule has 0 aliphatic rings. The molecule has 0 bridgehead atoms. The second kappa shape index (κ2) is 5.92. The standard InChI is InChI=1S/C13H16ClN5O/c1-15-12-5-10(4-11(14)17-12)13(20)18(2)7-9-6-16-19(3)8-9/h4-6,8H,7H2,1-3H3,(H,15,17). The third-order valence-corrected chi connectivity index (χ3v) is 3.02. The average Bonchev–Trinajstić information content (AvgIpc) is 2.82. The highest BCUT2D eigenvalue weighted by molar-refractivity contribution is 6.29. The Kier molecular flexibility index (Phi) is 4.24. The topological polar surface area (TPSA) is 63.1 Å². The first-order valence-electron chi connectivity index (χ1n) is 6.08. The number of amides is 1. The van der Waals surface area contributed by atoms with E-state index < -0.39 is 0 Å². The molecule has 20 heavy (non-hydrogen) atoms. The molecule has 6 nitrogen and oxygen atoms in total. The summed E-state index contributed by atoms with van der Waals surface area (Å²) in [5, 5.41) is 7.24. The number of rotatable bonds is 4. The fourth-order valence-electron chi connectivity index (χ4n) is 1.87. The van der Waals surface area contributed by atoms with Crippen molar-refractivity contribution in [3.8, 4) is 0 Å². The molecule has 0 saturated heterocycles. The number of pyridine rings is 1. The monoisotopic (exact) mass is 293 g/mol. The third-order valence-electron chi connectivity index (χ3n) is 2.82. The largest absolute Gasteiger partial charge is 0.373 e. The average molecular weight is 294 g/mol. The van der Waals surface area contributed by atoms with Crippen LogP contribution in [-0.2, 0) is 13.6 Å². The summed E-state index contributed by atoms with van der Waals surface area (Å²) in [6.07, 6.45) is 3.62. The molecule has 2 rings (SSSR count). The SMILES string of the molecule is CNc1cc(C(=O)N(C)Cc2cnn(C)c2)cc(Cl)n1. The Morgan fingerprint density at radius 3 is 2.85 bits per heavy atom. The second-order valence-corrected chi connectivity index (χ2v) is 4.88. The van der Waals surface area contributed by atoms with E-state index in [-0.39, 0.29) is 11.1 Å². The molecule has 0 unspecified atom stereocenters. The van der Waals surface area contributed by atoms with Gasteiger partial charge in [-0.1, -0.05) is 11.6 Å². The molecule has 2 aromatic rings. The van der Waals surface area contributed by atoms with Crippen molar-refractivity contribution in [1.82, 2.24) is 19.7 Å². The van der Waals surface area contributed by atoms with Crippen LogP contribution in [0.2, 0.25) is 5.15 Å². The van der Waals surface area contributed by atoms with E-state index in [1.54, 1.807) is 42.0 Å². The molecule has 7 heteroatoms. The van der Waals surface area contributed by atoms with Crippen molar-refractivity contribution in [2.45, 2.75) is 6.54 Å². The first-order chi connectivity index (χ1) is 9.49. The van der Waals surface area contributed by atoms with E-state index in [4.69, 9.17) is 11.6 Å². The van der Waals surface area contributed by atoms with Crippen molar-refractivity contribution >= 4 is 23.3 Å². The molecular formula is C13H16ClN5O. The zero-order valence-corrected chi connectivity index (χ0v) is 12.3. The molecule has 0 spiro atoms. The van der Waals surface area contributed by atoms with E-state index in [2.05, 4.69) is 15.4 Å². The summed E-state index contributed by atoms with van der Waals surface area (Å²) in [5.41, 5.74) is 1.47. The van der Waals surface area contributed by atoms with Gasteiger partial charge in [0.05, 0.1) is 6.20 Å². The quantitative estimate of drug-likeness (QED) is 0.873. The van der Waals surface area contributed by atoms with E-state index in [1.807, 2.05) is 13.2 Å². The molecular weight excluding hydrogens is 278 g/mol. The van der Waals surface area contributed by atoms with Crippen LogP contribution in [-0.4, -0.2) is 39.7 Å². The number of hydrogen-bond donors (Lipinski definition) is 1. The van der Waals surface area contributed by atoms with Crippen LogP contribution >= 0.6 is 11.6 Å². The number of hydrogen-bond acceptors (Lipinski definition) is 4. The Morgan fingerprint density at radius 2 is 2.25 bits per heavy atom. The number of carbonyl (C=O) groups excluding carboxylic acids is 1. The molecule has 0 radical (unpaired) electrons. The minimum atomic E-state index is -0.116. The van der Waals surface area contributed by atoms with Gasteiger partial charge in [0.25, 0.3) is 5.91 Å². The van der Waals surface area contributed by atoms with Crippen LogP contribution in [0.3, 0.4) is 0 Å². The van der Waals surface area contributed by atoms with Crippen LogP contribution in [0.5, 0.6) is 0 Å². The third kappa shape index (κ3) is 3.27. The minimum absolute atomic E-state index is 0.116. The lowest BCUT2D eigenvalue weighted by molar-refractivity contribution is 0.0785. The molecule has 0 aromatic carbocycles. The van der Waals surface area contributed by atoms with Gasteiger partial charge in [-0.25, -0.2) is 4.98 Å². The van der Waals surface area contributed by atoms with E-state index in [1.165, 1.54) is 0 Å². The van der Waals surface area contributed by atoms with Crippen molar-refractivity contribution in [3.63, 3.8) is 0 Å².